The van der Waals surface area contributed by atoms with E-state index in [4.69, 9.17) is 0 Å². The predicted octanol–water partition coefficient (Wildman–Crippen LogP) is 2.28. The minimum absolute atomic E-state index is 0.967. The number of hydrogen-bond acceptors (Lipinski definition) is 5. The van der Waals surface area contributed by atoms with Gasteiger partial charge in [-0.15, -0.1) is 16.4 Å². The summed E-state index contributed by atoms with van der Waals surface area (Å²) in [5.74, 6) is 0. The molecule has 0 unspecified atom stereocenters. The molecular weight excluding hydrogens is 190 g/mol. The maximum atomic E-state index is 4.36. The molecule has 0 radical (unpaired) electrons. The van der Waals surface area contributed by atoms with Crippen LogP contribution < -0.4 is 0 Å². The second kappa shape index (κ2) is 2.91. The molecule has 0 aliphatic carbocycles. The van der Waals surface area contributed by atoms with Crippen molar-refractivity contribution in [1.29, 1.82) is 0 Å². The van der Waals surface area contributed by atoms with Gasteiger partial charge in [-0.25, -0.2) is 4.98 Å². The van der Waals surface area contributed by atoms with E-state index in [9.17, 15) is 0 Å². The van der Waals surface area contributed by atoms with Crippen LogP contribution in [0.4, 0.5) is 0 Å². The van der Waals surface area contributed by atoms with E-state index >= 15 is 0 Å². The lowest BCUT2D eigenvalue weighted by Gasteiger charge is -1.87. The van der Waals surface area contributed by atoms with Gasteiger partial charge in [0.05, 0.1) is 5.69 Å². The van der Waals surface area contributed by atoms with Gasteiger partial charge in [0.25, 0.3) is 0 Å². The highest BCUT2D eigenvalue weighted by Gasteiger charge is 2.08. The Morgan fingerprint density at radius 3 is 2.67 bits per heavy atom. The molecule has 0 fully saturated rings. The van der Waals surface area contributed by atoms with Crippen molar-refractivity contribution in [2.75, 3.05) is 0 Å². The maximum Gasteiger partial charge on any atom is 0.137 e. The fraction of sp³-hybridized carbons (Fsp3) is 0.286. The SMILES string of the molecule is Cc1csc(-c2snnc2C)n1. The van der Waals surface area contributed by atoms with E-state index in [1.807, 2.05) is 19.2 Å². The molecule has 5 heteroatoms. The van der Waals surface area contributed by atoms with Gasteiger partial charge >= 0.3 is 0 Å². The van der Waals surface area contributed by atoms with Crippen molar-refractivity contribution in [2.24, 2.45) is 0 Å². The zero-order valence-electron chi connectivity index (χ0n) is 6.74. The molecule has 2 aromatic heterocycles. The highest BCUT2D eigenvalue weighted by atomic mass is 32.1. The highest BCUT2D eigenvalue weighted by Crippen LogP contribution is 2.28. The van der Waals surface area contributed by atoms with Gasteiger partial charge in [0, 0.05) is 11.1 Å². The second-order valence-corrected chi connectivity index (χ2v) is 4.09. The summed E-state index contributed by atoms with van der Waals surface area (Å²) in [6, 6.07) is 0. The van der Waals surface area contributed by atoms with Gasteiger partial charge in [-0.1, -0.05) is 4.49 Å². The van der Waals surface area contributed by atoms with Crippen LogP contribution in [-0.2, 0) is 0 Å². The Hall–Kier alpha value is -0.810. The lowest BCUT2D eigenvalue weighted by Crippen LogP contribution is -1.76. The van der Waals surface area contributed by atoms with E-state index in [0.29, 0.717) is 0 Å². The Labute approximate surface area is 78.3 Å². The summed E-state index contributed by atoms with van der Waals surface area (Å²) < 4.78 is 3.87. The number of hydrogen-bond donors (Lipinski definition) is 0. The van der Waals surface area contributed by atoms with Crippen LogP contribution in [0.5, 0.6) is 0 Å². The summed E-state index contributed by atoms with van der Waals surface area (Å²) >= 11 is 3.04. The first-order valence-electron chi connectivity index (χ1n) is 3.49. The Morgan fingerprint density at radius 1 is 1.33 bits per heavy atom. The first-order valence-corrected chi connectivity index (χ1v) is 5.14. The number of nitrogens with zero attached hydrogens (tertiary/aromatic N) is 3. The topological polar surface area (TPSA) is 38.7 Å². The van der Waals surface area contributed by atoms with Gasteiger partial charge in [0.2, 0.25) is 0 Å². The van der Waals surface area contributed by atoms with Crippen molar-refractivity contribution < 1.29 is 0 Å². The van der Waals surface area contributed by atoms with Crippen molar-refractivity contribution in [3.05, 3.63) is 16.8 Å². The van der Waals surface area contributed by atoms with Crippen LogP contribution in [0.2, 0.25) is 0 Å². The molecule has 2 rings (SSSR count). The van der Waals surface area contributed by atoms with Crippen molar-refractivity contribution in [1.82, 2.24) is 14.6 Å². The quantitative estimate of drug-likeness (QED) is 0.704. The molecule has 2 aromatic rings. The third-order valence-corrected chi connectivity index (χ3v) is 3.41. The van der Waals surface area contributed by atoms with Gasteiger partial charge in [0.1, 0.15) is 9.88 Å². The van der Waals surface area contributed by atoms with Gasteiger partial charge in [-0.3, -0.25) is 0 Å². The highest BCUT2D eigenvalue weighted by molar-refractivity contribution is 7.18. The molecular formula is C7H7N3S2. The van der Waals surface area contributed by atoms with Crippen LogP contribution >= 0.6 is 22.9 Å². The second-order valence-electron chi connectivity index (χ2n) is 2.48. The summed E-state index contributed by atoms with van der Waals surface area (Å²) in [5, 5.41) is 7.00. The van der Waals surface area contributed by atoms with Gasteiger partial charge in [0.15, 0.2) is 0 Å². The summed E-state index contributed by atoms with van der Waals surface area (Å²) in [6.45, 7) is 3.94. The van der Waals surface area contributed by atoms with E-state index in [1.165, 1.54) is 11.5 Å². The summed E-state index contributed by atoms with van der Waals surface area (Å²) in [6.07, 6.45) is 0. The van der Waals surface area contributed by atoms with Crippen LogP contribution in [-0.4, -0.2) is 14.6 Å². The maximum absolute atomic E-state index is 4.36. The van der Waals surface area contributed by atoms with Crippen LogP contribution in [0.3, 0.4) is 0 Å². The van der Waals surface area contributed by atoms with Crippen LogP contribution in [0.15, 0.2) is 5.38 Å². The first-order chi connectivity index (χ1) is 5.77. The van der Waals surface area contributed by atoms with Crippen LogP contribution in [0.25, 0.3) is 9.88 Å². The van der Waals surface area contributed by atoms with Crippen molar-refractivity contribution in [3.63, 3.8) is 0 Å². The molecule has 0 saturated carbocycles. The largest absolute Gasteiger partial charge is 0.240 e. The smallest absolute Gasteiger partial charge is 0.137 e. The van der Waals surface area contributed by atoms with Gasteiger partial charge < -0.3 is 0 Å². The normalized spacial score (nSPS) is 10.5. The Bertz CT molecular complexity index is 391. The average molecular weight is 197 g/mol. The van der Waals surface area contributed by atoms with Crippen LogP contribution in [0, 0.1) is 13.8 Å². The third kappa shape index (κ3) is 1.25. The predicted molar refractivity (Wildman–Crippen MR) is 50.5 cm³/mol. The number of rotatable bonds is 1. The number of aromatic nitrogens is 3. The van der Waals surface area contributed by atoms with E-state index in [2.05, 4.69) is 14.6 Å². The summed E-state index contributed by atoms with van der Waals surface area (Å²) in [5.41, 5.74) is 2.03. The number of aryl methyl sites for hydroxylation is 2. The minimum Gasteiger partial charge on any atom is -0.240 e. The molecule has 2 heterocycles. The minimum atomic E-state index is 0.967. The number of thiazole rings is 1. The Morgan fingerprint density at radius 2 is 2.17 bits per heavy atom. The van der Waals surface area contributed by atoms with E-state index < -0.39 is 0 Å². The van der Waals surface area contributed by atoms with Crippen molar-refractivity contribution in [3.8, 4) is 9.88 Å². The molecule has 0 aliphatic rings. The molecule has 3 nitrogen and oxygen atoms in total. The summed E-state index contributed by atoms with van der Waals surface area (Å²) in [4.78, 5) is 5.45. The lowest BCUT2D eigenvalue weighted by atomic mass is 10.4. The third-order valence-electron chi connectivity index (χ3n) is 1.46. The van der Waals surface area contributed by atoms with Crippen molar-refractivity contribution in [2.45, 2.75) is 13.8 Å². The molecule has 0 N–H and O–H groups in total. The standard InChI is InChI=1S/C7H7N3S2/c1-4-3-11-7(8-4)6-5(2)9-10-12-6/h3H,1-2H3. The first kappa shape index (κ1) is 7.82. The molecule has 0 aromatic carbocycles. The van der Waals surface area contributed by atoms with E-state index in [-0.39, 0.29) is 0 Å². The average Bonchev–Trinajstić information content (AvgIpc) is 2.58. The Balaban J connectivity index is 2.50. The summed E-state index contributed by atoms with van der Waals surface area (Å²) in [7, 11) is 0. The Kier molecular flexibility index (Phi) is 1.90. The molecule has 62 valence electrons. The molecule has 0 amide bonds. The fourth-order valence-corrected chi connectivity index (χ4v) is 2.47. The lowest BCUT2D eigenvalue weighted by molar-refractivity contribution is 1.09. The molecule has 12 heavy (non-hydrogen) atoms. The van der Waals surface area contributed by atoms with Crippen molar-refractivity contribution >= 4 is 22.9 Å². The van der Waals surface area contributed by atoms with E-state index in [1.54, 1.807) is 11.3 Å². The monoisotopic (exact) mass is 197 g/mol. The molecule has 0 spiro atoms. The van der Waals surface area contributed by atoms with E-state index in [0.717, 1.165) is 21.3 Å². The molecule has 0 bridgehead atoms. The molecule has 0 saturated heterocycles. The zero-order valence-corrected chi connectivity index (χ0v) is 8.37. The molecule has 0 atom stereocenters. The van der Waals surface area contributed by atoms with Gasteiger partial charge in [-0.05, 0) is 25.4 Å². The molecule has 0 aliphatic heterocycles. The zero-order chi connectivity index (χ0) is 8.55. The van der Waals surface area contributed by atoms with Crippen LogP contribution in [0.1, 0.15) is 11.4 Å². The fourth-order valence-electron chi connectivity index (χ4n) is 0.886. The van der Waals surface area contributed by atoms with Gasteiger partial charge in [-0.2, -0.15) is 0 Å².